The van der Waals surface area contributed by atoms with E-state index in [0.717, 1.165) is 42.1 Å². The van der Waals surface area contributed by atoms with Crippen LogP contribution in [0.5, 0.6) is 5.75 Å². The van der Waals surface area contributed by atoms with Gasteiger partial charge in [-0.1, -0.05) is 18.2 Å². The number of halogens is 1. The first-order chi connectivity index (χ1) is 14.1. The lowest BCUT2D eigenvalue weighted by Crippen LogP contribution is -2.19. The molecule has 0 unspecified atom stereocenters. The van der Waals surface area contributed by atoms with E-state index in [2.05, 4.69) is 35.5 Å². The van der Waals surface area contributed by atoms with Gasteiger partial charge in [0.25, 0.3) is 0 Å². The number of nitrogens with one attached hydrogen (secondary N) is 1. The SMILES string of the molecule is Cc1c([C@@H](C)NCc2cccc(OC3CCCC3)c2)cnn1-c1cccc(F)c1. The first kappa shape index (κ1) is 19.6. The molecule has 1 N–H and O–H groups in total. The lowest BCUT2D eigenvalue weighted by atomic mass is 10.1. The van der Waals surface area contributed by atoms with Crippen molar-refractivity contribution < 1.29 is 9.13 Å². The minimum Gasteiger partial charge on any atom is -0.490 e. The summed E-state index contributed by atoms with van der Waals surface area (Å²) in [6, 6.07) is 15.0. The van der Waals surface area contributed by atoms with Crippen LogP contribution in [0.25, 0.3) is 5.69 Å². The summed E-state index contributed by atoms with van der Waals surface area (Å²) in [5.41, 5.74) is 4.04. The molecule has 0 spiro atoms. The maximum Gasteiger partial charge on any atom is 0.125 e. The van der Waals surface area contributed by atoms with E-state index in [9.17, 15) is 4.39 Å². The van der Waals surface area contributed by atoms with Gasteiger partial charge in [0.15, 0.2) is 0 Å². The molecule has 5 heteroatoms. The fourth-order valence-corrected chi connectivity index (χ4v) is 4.02. The number of nitrogens with zero attached hydrogens (tertiary/aromatic N) is 2. The standard InChI is InChI=1S/C24H28FN3O/c1-17(24-16-27-28(18(24)2)21-9-6-8-20(25)14-21)26-15-19-7-5-12-23(13-19)29-22-10-3-4-11-22/h5-9,12-14,16-17,22,26H,3-4,10-11,15H2,1-2H3/t17-/m1/s1. The minimum absolute atomic E-state index is 0.122. The minimum atomic E-state index is -0.259. The summed E-state index contributed by atoms with van der Waals surface area (Å²) in [6.07, 6.45) is 7.09. The highest BCUT2D eigenvalue weighted by atomic mass is 19.1. The van der Waals surface area contributed by atoms with E-state index in [1.54, 1.807) is 10.7 Å². The quantitative estimate of drug-likeness (QED) is 0.577. The summed E-state index contributed by atoms with van der Waals surface area (Å²) < 4.78 is 21.5. The highest BCUT2D eigenvalue weighted by molar-refractivity contribution is 5.36. The Hall–Kier alpha value is -2.66. The van der Waals surface area contributed by atoms with Crippen molar-refractivity contribution in [3.63, 3.8) is 0 Å². The molecular weight excluding hydrogens is 365 g/mol. The van der Waals surface area contributed by atoms with Gasteiger partial charge in [0.05, 0.1) is 18.0 Å². The summed E-state index contributed by atoms with van der Waals surface area (Å²) in [5, 5.41) is 8.03. The molecule has 0 radical (unpaired) electrons. The molecule has 4 rings (SSSR count). The van der Waals surface area contributed by atoms with Gasteiger partial charge in [0, 0.05) is 23.8 Å². The molecule has 1 heterocycles. The van der Waals surface area contributed by atoms with Crippen LogP contribution in [0.3, 0.4) is 0 Å². The van der Waals surface area contributed by atoms with Crippen molar-refractivity contribution in [2.45, 2.75) is 58.2 Å². The number of hydrogen-bond acceptors (Lipinski definition) is 3. The van der Waals surface area contributed by atoms with Crippen molar-refractivity contribution in [1.29, 1.82) is 0 Å². The molecule has 0 bridgehead atoms. The van der Waals surface area contributed by atoms with Gasteiger partial charge in [-0.05, 0) is 75.4 Å². The van der Waals surface area contributed by atoms with Gasteiger partial charge >= 0.3 is 0 Å². The van der Waals surface area contributed by atoms with Crippen molar-refractivity contribution in [1.82, 2.24) is 15.1 Å². The predicted octanol–water partition coefficient (Wildman–Crippen LogP) is 5.49. The van der Waals surface area contributed by atoms with Gasteiger partial charge in [-0.15, -0.1) is 0 Å². The summed E-state index contributed by atoms with van der Waals surface area (Å²) in [4.78, 5) is 0. The molecule has 29 heavy (non-hydrogen) atoms. The van der Waals surface area contributed by atoms with Crippen molar-refractivity contribution in [2.75, 3.05) is 0 Å². The zero-order chi connectivity index (χ0) is 20.2. The van der Waals surface area contributed by atoms with Crippen molar-refractivity contribution in [3.05, 3.63) is 77.4 Å². The van der Waals surface area contributed by atoms with Gasteiger partial charge < -0.3 is 10.1 Å². The van der Waals surface area contributed by atoms with Crippen LogP contribution in [-0.2, 0) is 6.54 Å². The summed E-state index contributed by atoms with van der Waals surface area (Å²) in [6.45, 7) is 4.88. The molecule has 152 valence electrons. The molecule has 1 aliphatic carbocycles. The molecule has 1 saturated carbocycles. The smallest absolute Gasteiger partial charge is 0.125 e. The molecule has 0 amide bonds. The average molecular weight is 394 g/mol. The van der Waals surface area contributed by atoms with Gasteiger partial charge in [-0.2, -0.15) is 5.10 Å². The Morgan fingerprint density at radius 3 is 2.76 bits per heavy atom. The fraction of sp³-hybridized carbons (Fsp3) is 0.375. The summed E-state index contributed by atoms with van der Waals surface area (Å²) in [7, 11) is 0. The van der Waals surface area contributed by atoms with Crippen molar-refractivity contribution in [2.24, 2.45) is 0 Å². The third kappa shape index (κ3) is 4.67. The summed E-state index contributed by atoms with van der Waals surface area (Å²) >= 11 is 0. The number of benzene rings is 2. The largest absolute Gasteiger partial charge is 0.490 e. The van der Waals surface area contributed by atoms with E-state index in [1.165, 1.54) is 30.5 Å². The normalized spacial score (nSPS) is 15.6. The van der Waals surface area contributed by atoms with Gasteiger partial charge in [-0.3, -0.25) is 0 Å². The predicted molar refractivity (Wildman–Crippen MR) is 113 cm³/mol. The fourth-order valence-electron chi connectivity index (χ4n) is 4.02. The molecule has 3 aromatic rings. The lowest BCUT2D eigenvalue weighted by molar-refractivity contribution is 0.210. The molecule has 0 saturated heterocycles. The van der Waals surface area contributed by atoms with Gasteiger partial charge in [-0.25, -0.2) is 9.07 Å². The van der Waals surface area contributed by atoms with Crippen molar-refractivity contribution >= 4 is 0 Å². The Balaban J connectivity index is 1.40. The second kappa shape index (κ2) is 8.78. The first-order valence-corrected chi connectivity index (χ1v) is 10.4. The molecular formula is C24H28FN3O. The summed E-state index contributed by atoms with van der Waals surface area (Å²) in [5.74, 6) is 0.698. The maximum atomic E-state index is 13.6. The molecule has 1 aromatic heterocycles. The third-order valence-electron chi connectivity index (χ3n) is 5.68. The molecule has 0 aliphatic heterocycles. The molecule has 4 nitrogen and oxygen atoms in total. The Morgan fingerprint density at radius 2 is 1.97 bits per heavy atom. The van der Waals surface area contributed by atoms with Crippen LogP contribution in [0.1, 0.15) is 55.5 Å². The van der Waals surface area contributed by atoms with Crippen LogP contribution in [0, 0.1) is 12.7 Å². The average Bonchev–Trinajstić information content (AvgIpc) is 3.36. The molecule has 1 aliphatic rings. The van der Waals surface area contributed by atoms with E-state index >= 15 is 0 Å². The monoisotopic (exact) mass is 393 g/mol. The Morgan fingerprint density at radius 1 is 1.17 bits per heavy atom. The number of aromatic nitrogens is 2. The van der Waals surface area contributed by atoms with Gasteiger partial charge in [0.2, 0.25) is 0 Å². The van der Waals surface area contributed by atoms with E-state index in [0.29, 0.717) is 6.10 Å². The number of ether oxygens (including phenoxy) is 1. The highest BCUT2D eigenvalue weighted by Gasteiger charge is 2.17. The topological polar surface area (TPSA) is 39.1 Å². The van der Waals surface area contributed by atoms with E-state index in [4.69, 9.17) is 4.74 Å². The zero-order valence-electron chi connectivity index (χ0n) is 17.1. The highest BCUT2D eigenvalue weighted by Crippen LogP contribution is 2.25. The van der Waals surface area contributed by atoms with Crippen LogP contribution in [-0.4, -0.2) is 15.9 Å². The third-order valence-corrected chi connectivity index (χ3v) is 5.68. The van der Waals surface area contributed by atoms with E-state index < -0.39 is 0 Å². The lowest BCUT2D eigenvalue weighted by Gasteiger charge is -2.16. The van der Waals surface area contributed by atoms with Crippen LogP contribution in [0.2, 0.25) is 0 Å². The van der Waals surface area contributed by atoms with E-state index in [1.807, 2.05) is 25.3 Å². The Labute approximate surface area is 171 Å². The maximum absolute atomic E-state index is 13.6. The number of rotatable bonds is 7. The molecule has 2 aromatic carbocycles. The zero-order valence-corrected chi connectivity index (χ0v) is 17.1. The Bertz CT molecular complexity index is 962. The van der Waals surface area contributed by atoms with Crippen LogP contribution < -0.4 is 10.1 Å². The van der Waals surface area contributed by atoms with Crippen LogP contribution >= 0.6 is 0 Å². The molecule has 1 fully saturated rings. The second-order valence-electron chi connectivity index (χ2n) is 7.85. The van der Waals surface area contributed by atoms with Crippen LogP contribution in [0.15, 0.2) is 54.7 Å². The van der Waals surface area contributed by atoms with Crippen molar-refractivity contribution in [3.8, 4) is 11.4 Å². The second-order valence-corrected chi connectivity index (χ2v) is 7.85. The van der Waals surface area contributed by atoms with E-state index in [-0.39, 0.29) is 11.9 Å². The number of hydrogen-bond donors (Lipinski definition) is 1. The first-order valence-electron chi connectivity index (χ1n) is 10.4. The molecule has 1 atom stereocenters. The van der Waals surface area contributed by atoms with Gasteiger partial charge in [0.1, 0.15) is 11.6 Å². The Kier molecular flexibility index (Phi) is 5.95. The van der Waals surface area contributed by atoms with Crippen LogP contribution in [0.4, 0.5) is 4.39 Å².